The van der Waals surface area contributed by atoms with Crippen molar-refractivity contribution >= 4 is 26.4 Å². The molecule has 1 aliphatic heterocycles. The van der Waals surface area contributed by atoms with E-state index in [1.165, 1.54) is 24.3 Å². The summed E-state index contributed by atoms with van der Waals surface area (Å²) in [5.41, 5.74) is -0.642. The topological polar surface area (TPSA) is 94.6 Å². The van der Waals surface area contributed by atoms with Gasteiger partial charge in [-0.25, -0.2) is 4.79 Å². The molecule has 0 aromatic heterocycles. The summed E-state index contributed by atoms with van der Waals surface area (Å²) < 4.78 is 76.7. The van der Waals surface area contributed by atoms with Crippen LogP contribution in [0.2, 0.25) is 0 Å². The highest BCUT2D eigenvalue weighted by atomic mass is 32.3. The highest BCUT2D eigenvalue weighted by molar-refractivity contribution is 7.86. The van der Waals surface area contributed by atoms with Gasteiger partial charge in [-0.15, -0.1) is 7.77 Å². The first kappa shape index (κ1) is 20.2. The summed E-state index contributed by atoms with van der Waals surface area (Å²) in [6.07, 6.45) is 0. The number of hydrogen-bond acceptors (Lipinski definition) is 6. The largest absolute Gasteiger partial charge is 0.425 e. The van der Waals surface area contributed by atoms with Gasteiger partial charge < -0.3 is 4.74 Å². The maximum absolute atomic E-state index is 13.3. The molecule has 0 radical (unpaired) electrons. The van der Waals surface area contributed by atoms with E-state index in [1.54, 1.807) is 24.3 Å². The number of carbonyl (C=O) groups is 1. The van der Waals surface area contributed by atoms with Crippen LogP contribution in [-0.4, -0.2) is 22.8 Å². The first-order valence-electron chi connectivity index (χ1n) is 8.47. The first-order chi connectivity index (χ1) is 14.0. The van der Waals surface area contributed by atoms with Crippen molar-refractivity contribution in [1.29, 1.82) is 0 Å². The number of hydrogen-bond donors (Lipinski definition) is 0. The van der Waals surface area contributed by atoms with Crippen LogP contribution in [0.1, 0.15) is 16.7 Å². The van der Waals surface area contributed by atoms with Crippen LogP contribution in [0.3, 0.4) is 0 Å². The fourth-order valence-corrected chi connectivity index (χ4v) is 4.52. The van der Waals surface area contributed by atoms with Gasteiger partial charge in [-0.05, 0) is 41.5 Å². The zero-order chi connectivity index (χ0) is 21.7. The van der Waals surface area contributed by atoms with Crippen LogP contribution >= 0.6 is 0 Å². The first-order valence-corrected chi connectivity index (χ1v) is 11.2. The standard InChI is InChI=1S/C20H12F2O6S2/c21-29(24,25)15-9-5-13(6-10-15)20(14-7-11-16(12-8-14)30(22,26)27)17-3-1-2-4-18(17)28-19(20)23/h1-12H. The van der Waals surface area contributed by atoms with Gasteiger partial charge in [0.05, 0.1) is 9.79 Å². The zero-order valence-electron chi connectivity index (χ0n) is 15.0. The van der Waals surface area contributed by atoms with Crippen LogP contribution in [0.4, 0.5) is 7.77 Å². The fourth-order valence-electron chi connectivity index (χ4n) is 3.60. The Kier molecular flexibility index (Phi) is 4.51. The molecule has 0 bridgehead atoms. The summed E-state index contributed by atoms with van der Waals surface area (Å²) in [6.45, 7) is 0. The molecule has 0 saturated carbocycles. The molecule has 0 amide bonds. The van der Waals surface area contributed by atoms with Gasteiger partial charge in [0, 0.05) is 5.56 Å². The fraction of sp³-hybridized carbons (Fsp3) is 0.0500. The Bertz CT molecular complexity index is 1290. The summed E-state index contributed by atoms with van der Waals surface area (Å²) in [6, 6.07) is 15.7. The van der Waals surface area contributed by atoms with Crippen molar-refractivity contribution < 1.29 is 34.1 Å². The predicted molar refractivity (Wildman–Crippen MR) is 101 cm³/mol. The summed E-state index contributed by atoms with van der Waals surface area (Å²) in [7, 11) is -9.90. The van der Waals surface area contributed by atoms with Crippen LogP contribution in [0.15, 0.2) is 82.6 Å². The minimum Gasteiger partial charge on any atom is -0.425 e. The summed E-state index contributed by atoms with van der Waals surface area (Å²) in [4.78, 5) is 11.9. The molecule has 1 heterocycles. The Balaban J connectivity index is 1.99. The second-order valence-corrected chi connectivity index (χ2v) is 9.25. The van der Waals surface area contributed by atoms with Gasteiger partial charge in [0.15, 0.2) is 0 Å². The number of rotatable bonds is 4. The van der Waals surface area contributed by atoms with E-state index >= 15 is 0 Å². The summed E-state index contributed by atoms with van der Waals surface area (Å²) >= 11 is 0. The van der Waals surface area contributed by atoms with Crippen molar-refractivity contribution in [3.63, 3.8) is 0 Å². The monoisotopic (exact) mass is 450 g/mol. The third-order valence-electron chi connectivity index (χ3n) is 4.94. The quantitative estimate of drug-likeness (QED) is 0.344. The van der Waals surface area contributed by atoms with Crippen LogP contribution in [0, 0.1) is 0 Å². The van der Waals surface area contributed by atoms with Crippen LogP contribution in [0.5, 0.6) is 5.75 Å². The predicted octanol–water partition coefficient (Wildman–Crippen LogP) is 3.26. The van der Waals surface area contributed by atoms with E-state index in [0.717, 1.165) is 24.3 Å². The SMILES string of the molecule is O=C1Oc2ccccc2C1(c1ccc(S(=O)(=O)F)cc1)c1ccc(S(=O)(=O)F)cc1. The number of carbonyl (C=O) groups excluding carboxylic acids is 1. The lowest BCUT2D eigenvalue weighted by molar-refractivity contribution is -0.135. The molecular weight excluding hydrogens is 438 g/mol. The molecule has 0 N–H and O–H groups in total. The van der Waals surface area contributed by atoms with Gasteiger partial charge in [-0.1, -0.05) is 42.5 Å². The lowest BCUT2D eigenvalue weighted by Gasteiger charge is -2.27. The molecule has 0 spiro atoms. The van der Waals surface area contributed by atoms with Crippen LogP contribution in [0.25, 0.3) is 0 Å². The summed E-state index contributed by atoms with van der Waals surface area (Å²) in [5.74, 6) is -0.470. The van der Waals surface area contributed by atoms with Crippen molar-refractivity contribution in [3.8, 4) is 5.75 Å². The second-order valence-electron chi connectivity index (χ2n) is 6.56. The van der Waals surface area contributed by atoms with E-state index in [-0.39, 0.29) is 16.9 Å². The molecular formula is C20H12F2O6S2. The van der Waals surface area contributed by atoms with Crippen molar-refractivity contribution in [1.82, 2.24) is 0 Å². The number of para-hydroxylation sites is 1. The molecule has 0 fully saturated rings. The third-order valence-corrected chi connectivity index (χ3v) is 6.61. The van der Waals surface area contributed by atoms with Gasteiger partial charge in [0.25, 0.3) is 0 Å². The molecule has 4 rings (SSSR count). The van der Waals surface area contributed by atoms with E-state index < -0.39 is 41.6 Å². The molecule has 3 aromatic carbocycles. The van der Waals surface area contributed by atoms with Gasteiger partial charge in [0.1, 0.15) is 11.2 Å². The van der Waals surface area contributed by atoms with E-state index in [1.807, 2.05) is 0 Å². The Morgan fingerprint density at radius 2 is 1.10 bits per heavy atom. The Hall–Kier alpha value is -3.11. The average Bonchev–Trinajstić information content (AvgIpc) is 2.99. The van der Waals surface area contributed by atoms with E-state index in [0.29, 0.717) is 5.56 Å². The highest BCUT2D eigenvalue weighted by Gasteiger charge is 2.52. The molecule has 3 aromatic rings. The highest BCUT2D eigenvalue weighted by Crippen LogP contribution is 2.49. The Labute approximate surface area is 171 Å². The number of ether oxygens (including phenoxy) is 1. The van der Waals surface area contributed by atoms with E-state index in [2.05, 4.69) is 0 Å². The number of esters is 1. The van der Waals surface area contributed by atoms with Crippen LogP contribution in [-0.2, 0) is 30.7 Å². The van der Waals surface area contributed by atoms with Crippen molar-refractivity contribution in [2.24, 2.45) is 0 Å². The molecule has 0 aliphatic carbocycles. The van der Waals surface area contributed by atoms with Gasteiger partial charge in [0.2, 0.25) is 0 Å². The number of fused-ring (bicyclic) bond motifs is 1. The van der Waals surface area contributed by atoms with Crippen molar-refractivity contribution in [3.05, 3.63) is 89.5 Å². The Morgan fingerprint density at radius 3 is 1.53 bits per heavy atom. The van der Waals surface area contributed by atoms with Gasteiger partial charge in [-0.2, -0.15) is 16.8 Å². The van der Waals surface area contributed by atoms with Crippen molar-refractivity contribution in [2.75, 3.05) is 0 Å². The second kappa shape index (κ2) is 6.71. The molecule has 0 saturated heterocycles. The third kappa shape index (κ3) is 3.08. The molecule has 10 heteroatoms. The summed E-state index contributed by atoms with van der Waals surface area (Å²) in [5, 5.41) is 0. The maximum atomic E-state index is 13.3. The van der Waals surface area contributed by atoms with Gasteiger partial charge >= 0.3 is 26.4 Å². The minimum atomic E-state index is -4.95. The van der Waals surface area contributed by atoms with E-state index in [4.69, 9.17) is 4.74 Å². The molecule has 0 unspecified atom stereocenters. The zero-order valence-corrected chi connectivity index (χ0v) is 16.6. The van der Waals surface area contributed by atoms with E-state index in [9.17, 15) is 29.4 Å². The molecule has 0 atom stereocenters. The lowest BCUT2D eigenvalue weighted by Crippen LogP contribution is -2.36. The molecule has 6 nitrogen and oxygen atoms in total. The molecule has 30 heavy (non-hydrogen) atoms. The van der Waals surface area contributed by atoms with Crippen LogP contribution < -0.4 is 4.74 Å². The smallest absolute Gasteiger partial charge is 0.332 e. The number of benzene rings is 3. The Morgan fingerprint density at radius 1 is 0.667 bits per heavy atom. The molecule has 154 valence electrons. The minimum absolute atomic E-state index is 0.256. The lowest BCUT2D eigenvalue weighted by atomic mass is 9.70. The molecule has 1 aliphatic rings. The number of halogens is 2. The maximum Gasteiger partial charge on any atom is 0.332 e. The van der Waals surface area contributed by atoms with Crippen molar-refractivity contribution in [2.45, 2.75) is 15.2 Å². The van der Waals surface area contributed by atoms with Gasteiger partial charge in [-0.3, -0.25) is 0 Å². The average molecular weight is 450 g/mol. The normalized spacial score (nSPS) is 15.5.